The van der Waals surface area contributed by atoms with E-state index in [-0.39, 0.29) is 5.91 Å². The molecule has 0 bridgehead atoms. The third-order valence-electron chi connectivity index (χ3n) is 6.29. The van der Waals surface area contributed by atoms with Crippen molar-refractivity contribution in [3.05, 3.63) is 30.1 Å². The van der Waals surface area contributed by atoms with Gasteiger partial charge in [0, 0.05) is 25.4 Å². The molecule has 4 heteroatoms. The number of carbonyl (C=O) groups excluding carboxylic acids is 1. The molecule has 0 atom stereocenters. The number of nitrogens with one attached hydrogen (secondary N) is 1. The molecule has 1 aliphatic carbocycles. The maximum absolute atomic E-state index is 11.7. The standard InChI is InChI=1S/C26H41N3O/c1-2-3-4-5-6-7-8-14-21-29-24-16-12-11-15-23(24)28-25(29)17-10-9-13-20-27-26(30)22-18-19-22/h11-12,15-16,22H,2-10,13-14,17-21H2,1H3,(H,27,30). The molecule has 1 aromatic heterocycles. The molecule has 166 valence electrons. The van der Waals surface area contributed by atoms with Gasteiger partial charge in [0.2, 0.25) is 5.91 Å². The summed E-state index contributed by atoms with van der Waals surface area (Å²) in [5.74, 6) is 1.82. The van der Waals surface area contributed by atoms with Crippen LogP contribution in [0.4, 0.5) is 0 Å². The van der Waals surface area contributed by atoms with E-state index in [4.69, 9.17) is 4.98 Å². The van der Waals surface area contributed by atoms with Crippen molar-refractivity contribution in [2.75, 3.05) is 6.54 Å². The number of unbranched alkanes of at least 4 members (excludes halogenated alkanes) is 9. The van der Waals surface area contributed by atoms with Crippen molar-refractivity contribution in [1.82, 2.24) is 14.9 Å². The fourth-order valence-corrected chi connectivity index (χ4v) is 4.26. The molecule has 1 aliphatic rings. The summed E-state index contributed by atoms with van der Waals surface area (Å²) in [7, 11) is 0. The molecule has 1 aromatic carbocycles. The van der Waals surface area contributed by atoms with E-state index in [1.165, 1.54) is 62.7 Å². The predicted molar refractivity (Wildman–Crippen MR) is 126 cm³/mol. The summed E-state index contributed by atoms with van der Waals surface area (Å²) in [6, 6.07) is 8.56. The summed E-state index contributed by atoms with van der Waals surface area (Å²) in [4.78, 5) is 16.6. The second-order valence-electron chi connectivity index (χ2n) is 9.02. The highest BCUT2D eigenvalue weighted by Crippen LogP contribution is 2.28. The SMILES string of the molecule is CCCCCCCCCCn1c(CCCCCNC(=O)C2CC2)nc2ccccc21. The number of carbonyl (C=O) groups is 1. The van der Waals surface area contributed by atoms with Crippen LogP contribution in [-0.2, 0) is 17.8 Å². The van der Waals surface area contributed by atoms with Gasteiger partial charge in [-0.2, -0.15) is 0 Å². The Morgan fingerprint density at radius 1 is 0.967 bits per heavy atom. The second-order valence-corrected chi connectivity index (χ2v) is 9.02. The van der Waals surface area contributed by atoms with Gasteiger partial charge in [0.05, 0.1) is 11.0 Å². The molecule has 0 unspecified atom stereocenters. The van der Waals surface area contributed by atoms with E-state index in [2.05, 4.69) is 41.1 Å². The molecule has 30 heavy (non-hydrogen) atoms. The van der Waals surface area contributed by atoms with Crippen LogP contribution >= 0.6 is 0 Å². The first-order chi connectivity index (χ1) is 14.8. The lowest BCUT2D eigenvalue weighted by molar-refractivity contribution is -0.122. The zero-order valence-electron chi connectivity index (χ0n) is 19.0. The molecule has 1 saturated carbocycles. The van der Waals surface area contributed by atoms with Crippen molar-refractivity contribution in [1.29, 1.82) is 0 Å². The van der Waals surface area contributed by atoms with Gasteiger partial charge in [-0.15, -0.1) is 0 Å². The van der Waals surface area contributed by atoms with E-state index in [1.54, 1.807) is 0 Å². The largest absolute Gasteiger partial charge is 0.356 e. The first kappa shape index (κ1) is 22.8. The van der Waals surface area contributed by atoms with Gasteiger partial charge in [-0.3, -0.25) is 4.79 Å². The highest BCUT2D eigenvalue weighted by molar-refractivity contribution is 5.80. The first-order valence-corrected chi connectivity index (χ1v) is 12.5. The van der Waals surface area contributed by atoms with Crippen molar-refractivity contribution in [2.24, 2.45) is 5.92 Å². The minimum Gasteiger partial charge on any atom is -0.356 e. The molecular weight excluding hydrogens is 370 g/mol. The lowest BCUT2D eigenvalue weighted by Gasteiger charge is -2.10. The number of aryl methyl sites for hydroxylation is 2. The average Bonchev–Trinajstić information content (AvgIpc) is 3.55. The molecule has 0 aliphatic heterocycles. The molecule has 2 aromatic rings. The van der Waals surface area contributed by atoms with Crippen LogP contribution < -0.4 is 5.32 Å². The van der Waals surface area contributed by atoms with Crippen LogP contribution in [0.15, 0.2) is 24.3 Å². The van der Waals surface area contributed by atoms with Gasteiger partial charge in [0.1, 0.15) is 5.82 Å². The molecule has 0 saturated heterocycles. The molecule has 1 amide bonds. The number of aromatic nitrogens is 2. The van der Waals surface area contributed by atoms with Crippen molar-refractivity contribution in [2.45, 2.75) is 103 Å². The third kappa shape index (κ3) is 7.45. The number of hydrogen-bond donors (Lipinski definition) is 1. The molecule has 0 radical (unpaired) electrons. The Kier molecular flexibility index (Phi) is 9.72. The number of amides is 1. The fourth-order valence-electron chi connectivity index (χ4n) is 4.26. The Morgan fingerprint density at radius 3 is 2.43 bits per heavy atom. The Bertz CT molecular complexity index is 763. The van der Waals surface area contributed by atoms with Crippen LogP contribution in [0.3, 0.4) is 0 Å². The monoisotopic (exact) mass is 411 g/mol. The van der Waals surface area contributed by atoms with Gasteiger partial charge in [-0.1, -0.05) is 70.4 Å². The first-order valence-electron chi connectivity index (χ1n) is 12.5. The number of para-hydroxylation sites is 2. The van der Waals surface area contributed by atoms with E-state index in [1.807, 2.05) is 0 Å². The number of benzene rings is 1. The normalized spacial score (nSPS) is 13.8. The van der Waals surface area contributed by atoms with E-state index >= 15 is 0 Å². The Balaban J connectivity index is 1.39. The Hall–Kier alpha value is -1.84. The summed E-state index contributed by atoms with van der Waals surface area (Å²) in [5.41, 5.74) is 2.41. The topological polar surface area (TPSA) is 46.9 Å². The van der Waals surface area contributed by atoms with Gasteiger partial charge in [-0.05, 0) is 44.2 Å². The van der Waals surface area contributed by atoms with Crippen LogP contribution in [0.5, 0.6) is 0 Å². The van der Waals surface area contributed by atoms with Crippen LogP contribution in [0.1, 0.15) is 96.2 Å². The van der Waals surface area contributed by atoms with E-state index in [0.717, 1.165) is 57.1 Å². The van der Waals surface area contributed by atoms with Crippen LogP contribution in [0, 0.1) is 5.92 Å². The van der Waals surface area contributed by atoms with Gasteiger partial charge < -0.3 is 9.88 Å². The third-order valence-corrected chi connectivity index (χ3v) is 6.29. The second kappa shape index (κ2) is 12.8. The maximum Gasteiger partial charge on any atom is 0.223 e. The lowest BCUT2D eigenvalue weighted by Crippen LogP contribution is -2.25. The highest BCUT2D eigenvalue weighted by atomic mass is 16.2. The summed E-state index contributed by atoms with van der Waals surface area (Å²) < 4.78 is 2.46. The van der Waals surface area contributed by atoms with Crippen LogP contribution in [0.25, 0.3) is 11.0 Å². The number of rotatable bonds is 16. The van der Waals surface area contributed by atoms with Gasteiger partial charge in [-0.25, -0.2) is 4.98 Å². The van der Waals surface area contributed by atoms with Crippen molar-refractivity contribution in [3.8, 4) is 0 Å². The Morgan fingerprint density at radius 2 is 1.67 bits per heavy atom. The van der Waals surface area contributed by atoms with Crippen molar-refractivity contribution < 1.29 is 4.79 Å². The van der Waals surface area contributed by atoms with Crippen molar-refractivity contribution >= 4 is 16.9 Å². The van der Waals surface area contributed by atoms with Crippen molar-refractivity contribution in [3.63, 3.8) is 0 Å². The highest BCUT2D eigenvalue weighted by Gasteiger charge is 2.28. The quantitative estimate of drug-likeness (QED) is 0.324. The number of hydrogen-bond acceptors (Lipinski definition) is 2. The minimum atomic E-state index is 0.266. The number of imidazole rings is 1. The summed E-state index contributed by atoms with van der Waals surface area (Å²) in [5, 5.41) is 3.07. The lowest BCUT2D eigenvalue weighted by atomic mass is 10.1. The fraction of sp³-hybridized carbons (Fsp3) is 0.692. The minimum absolute atomic E-state index is 0.266. The van der Waals surface area contributed by atoms with E-state index < -0.39 is 0 Å². The smallest absolute Gasteiger partial charge is 0.223 e. The predicted octanol–water partition coefficient (Wildman–Crippen LogP) is 6.42. The van der Waals surface area contributed by atoms with Gasteiger partial charge in [0.15, 0.2) is 0 Å². The molecule has 4 nitrogen and oxygen atoms in total. The zero-order chi connectivity index (χ0) is 21.0. The summed E-state index contributed by atoms with van der Waals surface area (Å²) >= 11 is 0. The van der Waals surface area contributed by atoms with Crippen LogP contribution in [0.2, 0.25) is 0 Å². The van der Waals surface area contributed by atoms with Crippen LogP contribution in [-0.4, -0.2) is 22.0 Å². The van der Waals surface area contributed by atoms with Gasteiger partial charge in [0.25, 0.3) is 0 Å². The summed E-state index contributed by atoms with van der Waals surface area (Å²) in [6.07, 6.45) is 17.4. The molecule has 1 heterocycles. The molecule has 3 rings (SSSR count). The zero-order valence-corrected chi connectivity index (χ0v) is 19.0. The van der Waals surface area contributed by atoms with E-state index in [9.17, 15) is 4.79 Å². The van der Waals surface area contributed by atoms with E-state index in [0.29, 0.717) is 5.92 Å². The number of fused-ring (bicyclic) bond motifs is 1. The molecule has 0 spiro atoms. The Labute approximate surface area is 182 Å². The van der Waals surface area contributed by atoms with Gasteiger partial charge >= 0.3 is 0 Å². The number of nitrogens with zero attached hydrogens (tertiary/aromatic N) is 2. The maximum atomic E-state index is 11.7. The molecular formula is C26H41N3O. The molecule has 1 N–H and O–H groups in total. The average molecular weight is 412 g/mol. The molecule has 1 fully saturated rings. The summed E-state index contributed by atoms with van der Waals surface area (Å²) in [6.45, 7) is 4.19.